The summed E-state index contributed by atoms with van der Waals surface area (Å²) in [5.74, 6) is -0.157. The summed E-state index contributed by atoms with van der Waals surface area (Å²) in [5.41, 5.74) is 1.44. The molecule has 1 aliphatic heterocycles. The van der Waals surface area contributed by atoms with Crippen LogP contribution < -0.4 is 0 Å². The second kappa shape index (κ2) is 8.70. The summed E-state index contributed by atoms with van der Waals surface area (Å²) in [6.45, 7) is 5.47. The molecule has 0 atom stereocenters. The van der Waals surface area contributed by atoms with Crippen molar-refractivity contribution in [2.75, 3.05) is 20.2 Å². The molecule has 100 valence electrons. The molecule has 2 rings (SSSR count). The van der Waals surface area contributed by atoms with Gasteiger partial charge in [0.2, 0.25) is 0 Å². The Labute approximate surface area is 110 Å². The molecule has 1 saturated heterocycles. The monoisotopic (exact) mass is 249 g/mol. The maximum Gasteiger partial charge on any atom is 0.305 e. The molecule has 0 aromatic heterocycles. The highest BCUT2D eigenvalue weighted by molar-refractivity contribution is 5.68. The van der Waals surface area contributed by atoms with Gasteiger partial charge in [-0.15, -0.1) is 0 Å². The zero-order valence-electron chi connectivity index (χ0n) is 11.4. The average Bonchev–Trinajstić information content (AvgIpc) is 2.92. The number of hydrogen-bond acceptors (Lipinski definition) is 3. The Morgan fingerprint density at radius 1 is 1.22 bits per heavy atom. The van der Waals surface area contributed by atoms with Gasteiger partial charge in [-0.1, -0.05) is 37.3 Å². The number of ether oxygens (including phenoxy) is 1. The molecule has 0 saturated carbocycles. The van der Waals surface area contributed by atoms with E-state index in [-0.39, 0.29) is 5.97 Å². The van der Waals surface area contributed by atoms with Gasteiger partial charge in [-0.2, -0.15) is 0 Å². The van der Waals surface area contributed by atoms with Crippen molar-refractivity contribution < 1.29 is 9.53 Å². The second-order valence-electron chi connectivity index (χ2n) is 4.40. The number of esters is 1. The van der Waals surface area contributed by atoms with Crippen molar-refractivity contribution in [3.05, 3.63) is 35.9 Å². The van der Waals surface area contributed by atoms with Gasteiger partial charge < -0.3 is 4.74 Å². The number of methoxy groups -OCH3 is 1. The summed E-state index contributed by atoms with van der Waals surface area (Å²) in [5, 5.41) is 0. The van der Waals surface area contributed by atoms with Gasteiger partial charge in [-0.25, -0.2) is 0 Å². The van der Waals surface area contributed by atoms with E-state index in [1.165, 1.54) is 38.6 Å². The topological polar surface area (TPSA) is 29.5 Å². The van der Waals surface area contributed by atoms with Crippen LogP contribution in [0, 0.1) is 0 Å². The fourth-order valence-electron chi connectivity index (χ4n) is 1.93. The van der Waals surface area contributed by atoms with Crippen LogP contribution in [0.3, 0.4) is 0 Å². The lowest BCUT2D eigenvalue weighted by Crippen LogP contribution is -2.18. The third-order valence-electron chi connectivity index (χ3n) is 2.96. The molecule has 1 aromatic carbocycles. The predicted octanol–water partition coefficient (Wildman–Crippen LogP) is 2.85. The van der Waals surface area contributed by atoms with Crippen LogP contribution in [-0.4, -0.2) is 31.1 Å². The number of hydrogen-bond donors (Lipinski definition) is 0. The first-order chi connectivity index (χ1) is 8.76. The van der Waals surface area contributed by atoms with Gasteiger partial charge in [0.25, 0.3) is 0 Å². The van der Waals surface area contributed by atoms with Crippen molar-refractivity contribution in [2.45, 2.75) is 32.7 Å². The third-order valence-corrected chi connectivity index (χ3v) is 2.96. The second-order valence-corrected chi connectivity index (χ2v) is 4.40. The Hall–Kier alpha value is -1.35. The van der Waals surface area contributed by atoms with E-state index >= 15 is 0 Å². The first kappa shape index (κ1) is 14.7. The maximum absolute atomic E-state index is 9.96. The molecule has 0 unspecified atom stereocenters. The van der Waals surface area contributed by atoms with Crippen LogP contribution in [0.5, 0.6) is 0 Å². The average molecular weight is 249 g/mol. The van der Waals surface area contributed by atoms with Gasteiger partial charge in [0.1, 0.15) is 0 Å². The van der Waals surface area contributed by atoms with Gasteiger partial charge in [0.05, 0.1) is 7.11 Å². The van der Waals surface area contributed by atoms with E-state index in [2.05, 4.69) is 40.0 Å². The van der Waals surface area contributed by atoms with Gasteiger partial charge in [0.15, 0.2) is 0 Å². The largest absolute Gasteiger partial charge is 0.469 e. The van der Waals surface area contributed by atoms with Crippen LogP contribution in [0.1, 0.15) is 31.7 Å². The smallest absolute Gasteiger partial charge is 0.305 e. The molecule has 1 heterocycles. The molecule has 0 bridgehead atoms. The van der Waals surface area contributed by atoms with E-state index in [0.717, 1.165) is 6.54 Å². The van der Waals surface area contributed by atoms with Crippen LogP contribution >= 0.6 is 0 Å². The standard InChI is InChI=1S/C11H15N.C4H8O2/c1-2-6-11(7-3-1)10-12-8-4-5-9-12;1-3-4(5)6-2/h1-3,6-7H,4-5,8-10H2;3H2,1-2H3. The Balaban J connectivity index is 0.000000232. The fourth-order valence-corrected chi connectivity index (χ4v) is 1.93. The lowest BCUT2D eigenvalue weighted by Gasteiger charge is -2.13. The van der Waals surface area contributed by atoms with E-state index in [1.54, 1.807) is 6.92 Å². The Morgan fingerprint density at radius 2 is 1.83 bits per heavy atom. The highest BCUT2D eigenvalue weighted by atomic mass is 16.5. The lowest BCUT2D eigenvalue weighted by molar-refractivity contribution is -0.140. The minimum Gasteiger partial charge on any atom is -0.469 e. The first-order valence-corrected chi connectivity index (χ1v) is 6.59. The van der Waals surface area contributed by atoms with Gasteiger partial charge in [-0.3, -0.25) is 9.69 Å². The van der Waals surface area contributed by atoms with E-state index in [9.17, 15) is 4.79 Å². The molecular formula is C15H23NO2. The molecule has 0 aliphatic carbocycles. The number of likely N-dealkylation sites (tertiary alicyclic amines) is 1. The van der Waals surface area contributed by atoms with Crippen molar-refractivity contribution in [2.24, 2.45) is 0 Å². The van der Waals surface area contributed by atoms with Crippen molar-refractivity contribution in [1.82, 2.24) is 4.90 Å². The lowest BCUT2D eigenvalue weighted by atomic mass is 10.2. The van der Waals surface area contributed by atoms with E-state index in [1.807, 2.05) is 0 Å². The van der Waals surface area contributed by atoms with Crippen LogP contribution in [0.4, 0.5) is 0 Å². The molecule has 0 amide bonds. The summed E-state index contributed by atoms with van der Waals surface area (Å²) in [4.78, 5) is 12.5. The number of carbonyl (C=O) groups is 1. The van der Waals surface area contributed by atoms with E-state index < -0.39 is 0 Å². The molecule has 0 spiro atoms. The zero-order valence-corrected chi connectivity index (χ0v) is 11.4. The predicted molar refractivity (Wildman–Crippen MR) is 73.3 cm³/mol. The molecule has 3 heteroatoms. The van der Waals surface area contributed by atoms with Crippen molar-refractivity contribution in [3.8, 4) is 0 Å². The molecule has 3 nitrogen and oxygen atoms in total. The number of nitrogens with zero attached hydrogens (tertiary/aromatic N) is 1. The molecule has 1 fully saturated rings. The number of rotatable bonds is 3. The van der Waals surface area contributed by atoms with Gasteiger partial charge in [0, 0.05) is 13.0 Å². The van der Waals surface area contributed by atoms with Crippen LogP contribution in [0.25, 0.3) is 0 Å². The number of benzene rings is 1. The highest BCUT2D eigenvalue weighted by Crippen LogP contribution is 2.11. The normalized spacial score (nSPS) is 14.8. The van der Waals surface area contributed by atoms with Crippen molar-refractivity contribution >= 4 is 5.97 Å². The summed E-state index contributed by atoms with van der Waals surface area (Å²) in [7, 11) is 1.38. The first-order valence-electron chi connectivity index (χ1n) is 6.59. The Bertz CT molecular complexity index is 326. The molecule has 0 N–H and O–H groups in total. The van der Waals surface area contributed by atoms with Crippen molar-refractivity contribution in [3.63, 3.8) is 0 Å². The molecule has 1 aliphatic rings. The summed E-state index contributed by atoms with van der Waals surface area (Å²) < 4.78 is 4.26. The Kier molecular flexibility index (Phi) is 7.11. The van der Waals surface area contributed by atoms with Gasteiger partial charge in [-0.05, 0) is 31.5 Å². The van der Waals surface area contributed by atoms with Crippen LogP contribution in [0.15, 0.2) is 30.3 Å². The van der Waals surface area contributed by atoms with Crippen molar-refractivity contribution in [1.29, 1.82) is 0 Å². The minimum absolute atomic E-state index is 0.157. The van der Waals surface area contributed by atoms with E-state index in [0.29, 0.717) is 6.42 Å². The molecule has 18 heavy (non-hydrogen) atoms. The molecule has 0 radical (unpaired) electrons. The van der Waals surface area contributed by atoms with Crippen LogP contribution in [-0.2, 0) is 16.1 Å². The summed E-state index contributed by atoms with van der Waals surface area (Å²) >= 11 is 0. The quantitative estimate of drug-likeness (QED) is 0.771. The summed E-state index contributed by atoms with van der Waals surface area (Å²) in [6, 6.07) is 10.7. The molecular weight excluding hydrogens is 226 g/mol. The van der Waals surface area contributed by atoms with Crippen LogP contribution in [0.2, 0.25) is 0 Å². The SMILES string of the molecule is CCC(=O)OC.c1ccc(CN2CCCC2)cc1. The Morgan fingerprint density at radius 3 is 2.28 bits per heavy atom. The summed E-state index contributed by atoms with van der Waals surface area (Å²) in [6.07, 6.45) is 3.23. The fraction of sp³-hybridized carbons (Fsp3) is 0.533. The molecule has 1 aromatic rings. The third kappa shape index (κ3) is 5.82. The van der Waals surface area contributed by atoms with E-state index in [4.69, 9.17) is 0 Å². The zero-order chi connectivity index (χ0) is 13.2. The maximum atomic E-state index is 9.96. The highest BCUT2D eigenvalue weighted by Gasteiger charge is 2.10. The number of carbonyl (C=O) groups excluding carboxylic acids is 1. The minimum atomic E-state index is -0.157. The van der Waals surface area contributed by atoms with Gasteiger partial charge >= 0.3 is 5.97 Å².